The number of hydrogen-bond acceptors (Lipinski definition) is 6. The molecule has 0 aliphatic carbocycles. The zero-order valence-corrected chi connectivity index (χ0v) is 19.1. The second kappa shape index (κ2) is 8.81. The van der Waals surface area contributed by atoms with Crippen LogP contribution < -0.4 is 4.74 Å². The van der Waals surface area contributed by atoms with Crippen LogP contribution in [-0.4, -0.2) is 89.1 Å². The molecule has 3 saturated heterocycles. The first kappa shape index (κ1) is 21.4. The lowest BCUT2D eigenvalue weighted by Gasteiger charge is -2.50. The van der Waals surface area contributed by atoms with Crippen molar-refractivity contribution in [3.8, 4) is 5.88 Å². The van der Waals surface area contributed by atoms with Crippen LogP contribution in [0.4, 0.5) is 0 Å². The maximum absolute atomic E-state index is 13.6. The minimum atomic E-state index is -0.183. The molecule has 1 spiro atoms. The molecule has 3 aliphatic rings. The Balaban J connectivity index is 1.36. The number of piperazine rings is 1. The molecule has 0 bridgehead atoms. The van der Waals surface area contributed by atoms with Crippen molar-refractivity contribution >= 4 is 5.91 Å². The highest BCUT2D eigenvalue weighted by molar-refractivity contribution is 5.85. The average Bonchev–Trinajstić information content (AvgIpc) is 3.03. The molecule has 7 heteroatoms. The SMILES string of the molecule is COc1cccc(CN2CCC3(CC2)N(Cc2ccccc2)C(=O)[C@H]2CN(C)CCN23)n1. The van der Waals surface area contributed by atoms with E-state index in [1.165, 1.54) is 5.56 Å². The lowest BCUT2D eigenvalue weighted by Crippen LogP contribution is -2.63. The molecule has 5 rings (SSSR count). The van der Waals surface area contributed by atoms with Crippen molar-refractivity contribution in [2.24, 2.45) is 0 Å². The summed E-state index contributed by atoms with van der Waals surface area (Å²) in [6, 6.07) is 16.3. The van der Waals surface area contributed by atoms with Crippen LogP contribution in [-0.2, 0) is 17.9 Å². The molecular formula is C25H33N5O2. The monoisotopic (exact) mass is 435 g/mol. The van der Waals surface area contributed by atoms with Gasteiger partial charge in [-0.25, -0.2) is 4.98 Å². The Hall–Kier alpha value is -2.48. The Morgan fingerprint density at radius 3 is 2.53 bits per heavy atom. The van der Waals surface area contributed by atoms with Gasteiger partial charge in [-0.3, -0.25) is 14.6 Å². The van der Waals surface area contributed by atoms with Gasteiger partial charge in [-0.1, -0.05) is 36.4 Å². The van der Waals surface area contributed by atoms with Gasteiger partial charge in [-0.05, 0) is 31.5 Å². The highest BCUT2D eigenvalue weighted by atomic mass is 16.5. The minimum absolute atomic E-state index is 0.0240. The number of methoxy groups -OCH3 is 1. The molecule has 1 aromatic heterocycles. The molecule has 3 aliphatic heterocycles. The molecule has 170 valence electrons. The molecule has 7 nitrogen and oxygen atoms in total. The number of fused-ring (bicyclic) bond motifs is 2. The third-order valence-electron chi connectivity index (χ3n) is 7.39. The van der Waals surface area contributed by atoms with Crippen LogP contribution in [0.15, 0.2) is 48.5 Å². The molecule has 0 saturated carbocycles. The number of rotatable bonds is 5. The average molecular weight is 436 g/mol. The molecule has 2 aromatic rings. The van der Waals surface area contributed by atoms with E-state index in [2.05, 4.69) is 62.0 Å². The van der Waals surface area contributed by atoms with Crippen molar-refractivity contribution in [2.45, 2.75) is 37.6 Å². The Labute approximate surface area is 190 Å². The van der Waals surface area contributed by atoms with E-state index in [1.807, 2.05) is 18.2 Å². The van der Waals surface area contributed by atoms with Crippen molar-refractivity contribution in [1.29, 1.82) is 0 Å². The summed E-state index contributed by atoms with van der Waals surface area (Å²) >= 11 is 0. The summed E-state index contributed by atoms with van der Waals surface area (Å²) in [4.78, 5) is 27.7. The molecule has 4 heterocycles. The van der Waals surface area contributed by atoms with E-state index in [4.69, 9.17) is 4.74 Å². The third kappa shape index (κ3) is 3.89. The van der Waals surface area contributed by atoms with E-state index in [0.29, 0.717) is 18.3 Å². The van der Waals surface area contributed by atoms with Gasteiger partial charge < -0.3 is 14.5 Å². The summed E-state index contributed by atoms with van der Waals surface area (Å²) in [7, 11) is 3.78. The van der Waals surface area contributed by atoms with Crippen LogP contribution in [0.5, 0.6) is 5.88 Å². The Kier molecular flexibility index (Phi) is 5.88. The third-order valence-corrected chi connectivity index (χ3v) is 7.39. The van der Waals surface area contributed by atoms with Gasteiger partial charge >= 0.3 is 0 Å². The maximum atomic E-state index is 13.6. The van der Waals surface area contributed by atoms with Gasteiger partial charge in [0.1, 0.15) is 6.04 Å². The molecule has 1 amide bonds. The van der Waals surface area contributed by atoms with E-state index in [0.717, 1.165) is 57.8 Å². The van der Waals surface area contributed by atoms with Crippen molar-refractivity contribution in [3.05, 3.63) is 59.8 Å². The summed E-state index contributed by atoms with van der Waals surface area (Å²) < 4.78 is 5.29. The minimum Gasteiger partial charge on any atom is -0.481 e. The standard InChI is InChI=1S/C25H33N5O2/c1-27-15-16-29-22(19-27)24(31)30(17-20-7-4-3-5-8-20)25(29)11-13-28(14-12-25)18-21-9-6-10-23(26-21)32-2/h3-10,22H,11-19H2,1-2H3/t22-/m1/s1. The summed E-state index contributed by atoms with van der Waals surface area (Å²) in [6.45, 7) is 6.20. The van der Waals surface area contributed by atoms with Crippen molar-refractivity contribution in [2.75, 3.05) is 46.9 Å². The fraction of sp³-hybridized carbons (Fsp3) is 0.520. The number of nitrogens with zero attached hydrogens (tertiary/aromatic N) is 5. The van der Waals surface area contributed by atoms with Gasteiger partial charge in [-0.2, -0.15) is 0 Å². The van der Waals surface area contributed by atoms with Gasteiger partial charge in [0.05, 0.1) is 18.5 Å². The Morgan fingerprint density at radius 2 is 1.78 bits per heavy atom. The number of likely N-dealkylation sites (N-methyl/N-ethyl adjacent to an activating group) is 1. The van der Waals surface area contributed by atoms with Gasteiger partial charge in [0.15, 0.2) is 0 Å². The highest BCUT2D eigenvalue weighted by Gasteiger charge is 2.58. The summed E-state index contributed by atoms with van der Waals surface area (Å²) in [5, 5.41) is 0. The van der Waals surface area contributed by atoms with Crippen LogP contribution >= 0.6 is 0 Å². The molecule has 0 N–H and O–H groups in total. The second-order valence-corrected chi connectivity index (χ2v) is 9.31. The van der Waals surface area contributed by atoms with E-state index in [1.54, 1.807) is 7.11 Å². The smallest absolute Gasteiger partial charge is 0.243 e. The van der Waals surface area contributed by atoms with Crippen molar-refractivity contribution in [1.82, 2.24) is 24.6 Å². The number of pyridine rings is 1. The molecule has 0 radical (unpaired) electrons. The van der Waals surface area contributed by atoms with E-state index >= 15 is 0 Å². The molecule has 0 unspecified atom stereocenters. The number of hydrogen-bond donors (Lipinski definition) is 0. The summed E-state index contributed by atoms with van der Waals surface area (Å²) in [5.74, 6) is 0.954. The number of carbonyl (C=O) groups excluding carboxylic acids is 1. The second-order valence-electron chi connectivity index (χ2n) is 9.31. The lowest BCUT2D eigenvalue weighted by molar-refractivity contribution is -0.135. The number of carbonyl (C=O) groups is 1. The van der Waals surface area contributed by atoms with Gasteiger partial charge in [-0.15, -0.1) is 0 Å². The number of aromatic nitrogens is 1. The van der Waals surface area contributed by atoms with E-state index in [9.17, 15) is 4.79 Å². The predicted molar refractivity (Wildman–Crippen MR) is 123 cm³/mol. The zero-order valence-electron chi connectivity index (χ0n) is 19.1. The fourth-order valence-corrected chi connectivity index (χ4v) is 5.67. The molecular weight excluding hydrogens is 402 g/mol. The number of benzene rings is 1. The van der Waals surface area contributed by atoms with E-state index in [-0.39, 0.29) is 11.7 Å². The van der Waals surface area contributed by atoms with E-state index < -0.39 is 0 Å². The molecule has 32 heavy (non-hydrogen) atoms. The van der Waals surface area contributed by atoms with Crippen LogP contribution in [0.25, 0.3) is 0 Å². The summed E-state index contributed by atoms with van der Waals surface area (Å²) in [5.41, 5.74) is 2.05. The number of likely N-dealkylation sites (tertiary alicyclic amines) is 1. The normalized spacial score (nSPS) is 24.1. The molecule has 1 aromatic carbocycles. The fourth-order valence-electron chi connectivity index (χ4n) is 5.67. The van der Waals surface area contributed by atoms with Gasteiger partial charge in [0.25, 0.3) is 0 Å². The summed E-state index contributed by atoms with van der Waals surface area (Å²) in [6.07, 6.45) is 1.94. The van der Waals surface area contributed by atoms with Gasteiger partial charge in [0, 0.05) is 51.9 Å². The van der Waals surface area contributed by atoms with Crippen LogP contribution in [0.2, 0.25) is 0 Å². The number of amides is 1. The maximum Gasteiger partial charge on any atom is 0.243 e. The van der Waals surface area contributed by atoms with Crippen LogP contribution in [0, 0.1) is 0 Å². The van der Waals surface area contributed by atoms with Crippen molar-refractivity contribution < 1.29 is 9.53 Å². The quantitative estimate of drug-likeness (QED) is 0.717. The predicted octanol–water partition coefficient (Wildman–Crippen LogP) is 2.04. The molecule has 3 fully saturated rings. The largest absolute Gasteiger partial charge is 0.481 e. The topological polar surface area (TPSA) is 52.2 Å². The van der Waals surface area contributed by atoms with Crippen molar-refractivity contribution in [3.63, 3.8) is 0 Å². The first-order chi connectivity index (χ1) is 15.6. The molecule has 1 atom stereocenters. The number of piperidine rings is 1. The van der Waals surface area contributed by atoms with Crippen LogP contribution in [0.3, 0.4) is 0 Å². The first-order valence-electron chi connectivity index (χ1n) is 11.6. The van der Waals surface area contributed by atoms with Crippen LogP contribution in [0.1, 0.15) is 24.1 Å². The van der Waals surface area contributed by atoms with Gasteiger partial charge in [0.2, 0.25) is 11.8 Å². The Morgan fingerprint density at radius 1 is 1.00 bits per heavy atom. The zero-order chi connectivity index (χ0) is 22.1. The lowest BCUT2D eigenvalue weighted by atomic mass is 9.93. The first-order valence-corrected chi connectivity index (χ1v) is 11.6. The Bertz CT molecular complexity index is 944. The highest BCUT2D eigenvalue weighted by Crippen LogP contribution is 2.42. The number of ether oxygens (including phenoxy) is 1.